The lowest BCUT2D eigenvalue weighted by Crippen LogP contribution is -2.49. The highest BCUT2D eigenvalue weighted by atomic mass is 16.2. The van der Waals surface area contributed by atoms with Crippen molar-refractivity contribution in [1.82, 2.24) is 10.2 Å². The second-order valence-corrected chi connectivity index (χ2v) is 9.53. The zero-order chi connectivity index (χ0) is 24.8. The number of nitrogens with one attached hydrogen (secondary N) is 2. The van der Waals surface area contributed by atoms with E-state index in [-0.39, 0.29) is 42.0 Å². The predicted molar refractivity (Wildman–Crippen MR) is 129 cm³/mol. The SMILES string of the molecule is [N-]=[N+]=NC1CCC(C(=O)N2CCC(CC(=O)Nc3ccc(N4CCC(=O)NC4=O)cc3)CC2)CC1. The lowest BCUT2D eigenvalue weighted by atomic mass is 9.84. The van der Waals surface area contributed by atoms with Crippen molar-refractivity contribution in [3.63, 3.8) is 0 Å². The van der Waals surface area contributed by atoms with Gasteiger partial charge in [-0.3, -0.25) is 24.6 Å². The number of likely N-dealkylation sites (tertiary alicyclic amines) is 1. The van der Waals surface area contributed by atoms with Crippen molar-refractivity contribution in [1.29, 1.82) is 0 Å². The van der Waals surface area contributed by atoms with E-state index in [2.05, 4.69) is 20.7 Å². The molecule has 4 rings (SSSR count). The Kier molecular flexibility index (Phi) is 7.87. The summed E-state index contributed by atoms with van der Waals surface area (Å²) >= 11 is 0. The number of urea groups is 1. The molecule has 3 aliphatic rings. The maximum atomic E-state index is 12.9. The zero-order valence-electron chi connectivity index (χ0n) is 19.7. The fraction of sp³-hybridized carbons (Fsp3) is 0.583. The number of nitrogens with zero attached hydrogens (tertiary/aromatic N) is 5. The van der Waals surface area contributed by atoms with Crippen molar-refractivity contribution >= 4 is 35.1 Å². The minimum absolute atomic E-state index is 0.0134. The molecule has 5 amide bonds. The molecule has 186 valence electrons. The molecule has 1 saturated carbocycles. The Hall–Kier alpha value is -3.59. The molecule has 35 heavy (non-hydrogen) atoms. The van der Waals surface area contributed by atoms with Gasteiger partial charge in [0.2, 0.25) is 17.7 Å². The third-order valence-electron chi connectivity index (χ3n) is 7.18. The predicted octanol–water partition coefficient (Wildman–Crippen LogP) is 3.57. The van der Waals surface area contributed by atoms with E-state index >= 15 is 0 Å². The van der Waals surface area contributed by atoms with Gasteiger partial charge < -0.3 is 10.2 Å². The molecule has 2 saturated heterocycles. The molecule has 0 bridgehead atoms. The molecule has 0 radical (unpaired) electrons. The van der Waals surface area contributed by atoms with E-state index in [9.17, 15) is 19.2 Å². The Morgan fingerprint density at radius 3 is 2.34 bits per heavy atom. The van der Waals surface area contributed by atoms with Crippen molar-refractivity contribution in [2.24, 2.45) is 17.0 Å². The van der Waals surface area contributed by atoms with Crippen LogP contribution in [0.15, 0.2) is 29.4 Å². The van der Waals surface area contributed by atoms with Crippen LogP contribution in [0.1, 0.15) is 51.4 Å². The van der Waals surface area contributed by atoms with E-state index in [0.29, 0.717) is 37.4 Å². The van der Waals surface area contributed by atoms with Gasteiger partial charge in [0.1, 0.15) is 0 Å². The molecule has 0 unspecified atom stereocenters. The lowest BCUT2D eigenvalue weighted by Gasteiger charge is -2.35. The van der Waals surface area contributed by atoms with Gasteiger partial charge in [0.15, 0.2) is 0 Å². The number of azide groups is 1. The molecule has 11 heteroatoms. The van der Waals surface area contributed by atoms with Gasteiger partial charge in [-0.1, -0.05) is 5.11 Å². The Bertz CT molecular complexity index is 1010. The van der Waals surface area contributed by atoms with Crippen LogP contribution in [0, 0.1) is 11.8 Å². The summed E-state index contributed by atoms with van der Waals surface area (Å²) in [5.74, 6) is 0.0899. The van der Waals surface area contributed by atoms with Crippen LogP contribution < -0.4 is 15.5 Å². The largest absolute Gasteiger partial charge is 0.342 e. The number of benzene rings is 1. The van der Waals surface area contributed by atoms with Crippen LogP contribution in [-0.2, 0) is 14.4 Å². The molecule has 2 aliphatic heterocycles. The van der Waals surface area contributed by atoms with Crippen LogP contribution in [0.5, 0.6) is 0 Å². The van der Waals surface area contributed by atoms with Gasteiger partial charge in [0.25, 0.3) is 0 Å². The minimum Gasteiger partial charge on any atom is -0.342 e. The van der Waals surface area contributed by atoms with Crippen LogP contribution in [0.3, 0.4) is 0 Å². The molecular formula is C24H31N7O4. The molecule has 0 aromatic heterocycles. The number of hydrogen-bond acceptors (Lipinski definition) is 5. The molecule has 2 heterocycles. The second kappa shape index (κ2) is 11.2. The number of anilines is 2. The molecule has 11 nitrogen and oxygen atoms in total. The molecule has 0 atom stereocenters. The van der Waals surface area contributed by atoms with E-state index in [4.69, 9.17) is 5.53 Å². The fourth-order valence-electron chi connectivity index (χ4n) is 5.14. The van der Waals surface area contributed by atoms with Crippen LogP contribution in [-0.4, -0.2) is 54.3 Å². The van der Waals surface area contributed by atoms with Gasteiger partial charge in [-0.05, 0) is 74.2 Å². The van der Waals surface area contributed by atoms with E-state index in [1.165, 1.54) is 4.90 Å². The van der Waals surface area contributed by atoms with Gasteiger partial charge in [0, 0.05) is 60.7 Å². The minimum atomic E-state index is -0.441. The third kappa shape index (κ3) is 6.30. The number of piperidine rings is 1. The first kappa shape index (κ1) is 24.5. The number of hydrogen-bond donors (Lipinski definition) is 2. The van der Waals surface area contributed by atoms with Crippen molar-refractivity contribution < 1.29 is 19.2 Å². The van der Waals surface area contributed by atoms with Crippen molar-refractivity contribution in [2.45, 2.75) is 57.4 Å². The number of carbonyl (C=O) groups is 4. The molecule has 1 aliphatic carbocycles. The maximum absolute atomic E-state index is 12.9. The highest BCUT2D eigenvalue weighted by Crippen LogP contribution is 2.30. The summed E-state index contributed by atoms with van der Waals surface area (Å²) in [4.78, 5) is 55.0. The highest BCUT2D eigenvalue weighted by molar-refractivity contribution is 6.05. The van der Waals surface area contributed by atoms with E-state index in [0.717, 1.165) is 38.5 Å². The third-order valence-corrected chi connectivity index (χ3v) is 7.18. The van der Waals surface area contributed by atoms with E-state index < -0.39 is 6.03 Å². The number of imide groups is 1. The molecule has 2 N–H and O–H groups in total. The quantitative estimate of drug-likeness (QED) is 0.363. The maximum Gasteiger partial charge on any atom is 0.328 e. The van der Waals surface area contributed by atoms with E-state index in [1.54, 1.807) is 24.3 Å². The lowest BCUT2D eigenvalue weighted by molar-refractivity contribution is -0.138. The monoisotopic (exact) mass is 481 g/mol. The standard InChI is InChI=1S/C24H31N7O4/c25-29-28-19-3-1-17(2-4-19)23(34)30-12-9-16(10-13-30)15-22(33)26-18-5-7-20(8-6-18)31-14-11-21(32)27-24(31)35/h5-8,16-17,19H,1-4,9-15H2,(H,26,33)(H,27,32,35). The molecule has 3 fully saturated rings. The average molecular weight is 482 g/mol. The van der Waals surface area contributed by atoms with Crippen molar-refractivity contribution in [2.75, 3.05) is 29.9 Å². The summed E-state index contributed by atoms with van der Waals surface area (Å²) in [5, 5.41) is 8.98. The van der Waals surface area contributed by atoms with Crippen LogP contribution in [0.2, 0.25) is 0 Å². The first-order valence-electron chi connectivity index (χ1n) is 12.3. The topological polar surface area (TPSA) is 148 Å². The van der Waals surface area contributed by atoms with Crippen LogP contribution in [0.25, 0.3) is 10.4 Å². The molecule has 1 aromatic carbocycles. The van der Waals surface area contributed by atoms with Crippen LogP contribution in [0.4, 0.5) is 16.2 Å². The van der Waals surface area contributed by atoms with Gasteiger partial charge in [-0.25, -0.2) is 4.79 Å². The Balaban J connectivity index is 1.19. The Morgan fingerprint density at radius 2 is 1.71 bits per heavy atom. The zero-order valence-corrected chi connectivity index (χ0v) is 19.7. The van der Waals surface area contributed by atoms with Gasteiger partial charge in [-0.2, -0.15) is 0 Å². The molecule has 1 aromatic rings. The smallest absolute Gasteiger partial charge is 0.328 e. The van der Waals surface area contributed by atoms with Crippen molar-refractivity contribution in [3.8, 4) is 0 Å². The summed E-state index contributed by atoms with van der Waals surface area (Å²) in [7, 11) is 0. The van der Waals surface area contributed by atoms with Gasteiger partial charge >= 0.3 is 6.03 Å². The van der Waals surface area contributed by atoms with Crippen LogP contribution >= 0.6 is 0 Å². The highest BCUT2D eigenvalue weighted by Gasteiger charge is 2.31. The number of carbonyl (C=O) groups excluding carboxylic acids is 4. The summed E-state index contributed by atoms with van der Waals surface area (Å²) < 4.78 is 0. The number of rotatable bonds is 6. The Labute approximate surface area is 203 Å². The summed E-state index contributed by atoms with van der Waals surface area (Å²) in [6, 6.07) is 6.55. The van der Waals surface area contributed by atoms with Gasteiger partial charge in [0.05, 0.1) is 0 Å². The summed E-state index contributed by atoms with van der Waals surface area (Å²) in [6.45, 7) is 1.67. The molecular weight excluding hydrogens is 450 g/mol. The summed E-state index contributed by atoms with van der Waals surface area (Å²) in [5.41, 5.74) is 9.89. The first-order valence-corrected chi connectivity index (χ1v) is 12.3. The molecule has 0 spiro atoms. The number of amides is 5. The normalized spacial score (nSPS) is 23.3. The average Bonchev–Trinajstić information content (AvgIpc) is 2.85. The Morgan fingerprint density at radius 1 is 1.03 bits per heavy atom. The fourth-order valence-corrected chi connectivity index (χ4v) is 5.14. The first-order chi connectivity index (χ1) is 16.9. The van der Waals surface area contributed by atoms with E-state index in [1.807, 2.05) is 4.90 Å². The van der Waals surface area contributed by atoms with Crippen molar-refractivity contribution in [3.05, 3.63) is 34.7 Å². The summed E-state index contributed by atoms with van der Waals surface area (Å²) in [6.07, 6.45) is 5.33. The van der Waals surface area contributed by atoms with Gasteiger partial charge in [-0.15, -0.1) is 0 Å². The second-order valence-electron chi connectivity index (χ2n) is 9.53.